The van der Waals surface area contributed by atoms with E-state index in [4.69, 9.17) is 64.2 Å². The highest BCUT2D eigenvalue weighted by molar-refractivity contribution is 6.34. The van der Waals surface area contributed by atoms with Gasteiger partial charge in [0, 0.05) is 91.2 Å². The van der Waals surface area contributed by atoms with E-state index in [1.54, 1.807) is 102 Å². The van der Waals surface area contributed by atoms with Gasteiger partial charge in [0.05, 0.1) is 39.6 Å². The number of fused-ring (bicyclic) bond motifs is 1. The molecule has 0 saturated carbocycles. The summed E-state index contributed by atoms with van der Waals surface area (Å²) in [6, 6.07) is 31.8. The Morgan fingerprint density at radius 2 is 0.767 bits per heavy atom. The first kappa shape index (κ1) is 98.0. The first-order valence-corrected chi connectivity index (χ1v) is 37.9. The maximum atomic E-state index is 11.6. The Morgan fingerprint density at radius 1 is 0.388 bits per heavy atom. The molecule has 14 N–H and O–H groups in total. The van der Waals surface area contributed by atoms with Crippen molar-refractivity contribution in [1.29, 1.82) is 0 Å². The summed E-state index contributed by atoms with van der Waals surface area (Å²) in [5.41, 5.74) is 11.7. The number of esters is 6. The van der Waals surface area contributed by atoms with Gasteiger partial charge in [-0.3, -0.25) is 28.8 Å². The van der Waals surface area contributed by atoms with E-state index in [1.165, 1.54) is 0 Å². The summed E-state index contributed by atoms with van der Waals surface area (Å²) in [5, 5.41) is 32.0. The number of amides is 12. The minimum absolute atomic E-state index is 0.0898. The zero-order valence-electron chi connectivity index (χ0n) is 65.4. The number of nitrogens with two attached hydrogens (primary N) is 1. The topological polar surface area (TPSA) is 484 Å². The van der Waals surface area contributed by atoms with Crippen LogP contribution in [0.3, 0.4) is 0 Å². The van der Waals surface area contributed by atoms with Crippen LogP contribution in [-0.2, 0) is 94.5 Å². The SMILES string of the molecule is CCOC(=O)CNC(=O)NCC1CCOCC1.CCOC(=O)CNC(=O)NCCc1ccc(N)cc1.CCOC(=O)CNC(=O)NCc1cc(Cl)cc(Cl)c1.CCOC(=O)CNC(=O)NCc1ccc(Cl)cc1.CCOC(=O)CNC(=O)NCc1ccc2c(c1)OCO2.CCOC(=O)CNC(=O)NCc1cccc(-c2ncccn2)c1. The lowest BCUT2D eigenvalue weighted by molar-refractivity contribution is -0.142. The Balaban J connectivity index is 0.000000361. The van der Waals surface area contributed by atoms with E-state index in [1.807, 2.05) is 66.7 Å². The molecule has 0 spiro atoms. The maximum absolute atomic E-state index is 11.6. The molecule has 0 aliphatic carbocycles. The van der Waals surface area contributed by atoms with E-state index in [0.717, 1.165) is 59.4 Å². The smallest absolute Gasteiger partial charge is 0.325 e. The number of rotatable bonds is 32. The monoisotopic (exact) mass is 1680 g/mol. The summed E-state index contributed by atoms with van der Waals surface area (Å²) in [7, 11) is 0. The van der Waals surface area contributed by atoms with Crippen molar-refractivity contribution in [1.82, 2.24) is 73.8 Å². The molecule has 36 nitrogen and oxygen atoms in total. The molecule has 39 heteroatoms. The van der Waals surface area contributed by atoms with Crippen LogP contribution in [0, 0.1) is 5.92 Å². The van der Waals surface area contributed by atoms with Crippen molar-refractivity contribution < 1.29 is 100 Å². The average Bonchev–Trinajstić information content (AvgIpc) is 1.51. The van der Waals surface area contributed by atoms with Gasteiger partial charge in [0.1, 0.15) is 39.3 Å². The summed E-state index contributed by atoms with van der Waals surface area (Å²) >= 11 is 17.4. The van der Waals surface area contributed by atoms with Crippen molar-refractivity contribution >= 4 is 112 Å². The van der Waals surface area contributed by atoms with E-state index in [9.17, 15) is 57.5 Å². The van der Waals surface area contributed by atoms with E-state index in [2.05, 4.69) is 92.7 Å². The lowest BCUT2D eigenvalue weighted by Gasteiger charge is -2.22. The fraction of sp³-hybridized carbons (Fsp3) is 0.403. The molecule has 5 aromatic carbocycles. The van der Waals surface area contributed by atoms with E-state index >= 15 is 0 Å². The Bertz CT molecular complexity index is 3980. The largest absolute Gasteiger partial charge is 0.465 e. The van der Waals surface area contributed by atoms with Crippen LogP contribution in [0.4, 0.5) is 34.5 Å². The average molecular weight is 1680 g/mol. The number of benzene rings is 5. The van der Waals surface area contributed by atoms with Crippen molar-refractivity contribution in [2.75, 3.05) is 118 Å². The number of hydrogen-bond donors (Lipinski definition) is 13. The van der Waals surface area contributed by atoms with Crippen LogP contribution in [0.5, 0.6) is 11.5 Å². The fourth-order valence-electron chi connectivity index (χ4n) is 9.12. The van der Waals surface area contributed by atoms with Gasteiger partial charge in [0.15, 0.2) is 17.3 Å². The maximum Gasteiger partial charge on any atom is 0.325 e. The number of carbonyl (C=O) groups excluding carboxylic acids is 12. The summed E-state index contributed by atoms with van der Waals surface area (Å²) in [6.45, 7) is 15.3. The number of hydrogen-bond acceptors (Lipinski definition) is 24. The highest BCUT2D eigenvalue weighted by Gasteiger charge is 2.17. The molecular formula is C77H102Cl3N15O21. The second-order valence-corrected chi connectivity index (χ2v) is 24.9. The van der Waals surface area contributed by atoms with Crippen LogP contribution in [-0.4, -0.2) is 194 Å². The molecule has 2 aliphatic rings. The van der Waals surface area contributed by atoms with Crippen LogP contribution < -0.4 is 79.0 Å². The van der Waals surface area contributed by atoms with Crippen LogP contribution in [0.1, 0.15) is 82.2 Å². The Hall–Kier alpha value is -12.2. The second-order valence-electron chi connectivity index (χ2n) is 23.6. The summed E-state index contributed by atoms with van der Waals surface area (Å²) in [6.07, 6.45) is 6.00. The molecule has 1 fully saturated rings. The van der Waals surface area contributed by atoms with Gasteiger partial charge >= 0.3 is 72.0 Å². The van der Waals surface area contributed by atoms with Gasteiger partial charge in [0.25, 0.3) is 0 Å². The highest BCUT2D eigenvalue weighted by Crippen LogP contribution is 2.32. The molecule has 116 heavy (non-hydrogen) atoms. The first-order valence-electron chi connectivity index (χ1n) is 36.7. The molecule has 0 atom stereocenters. The van der Waals surface area contributed by atoms with Gasteiger partial charge in [-0.25, -0.2) is 38.7 Å². The van der Waals surface area contributed by atoms with E-state index in [0.29, 0.717) is 110 Å². The molecule has 2 aliphatic heterocycles. The van der Waals surface area contributed by atoms with Crippen LogP contribution in [0.25, 0.3) is 11.4 Å². The Morgan fingerprint density at radius 3 is 1.21 bits per heavy atom. The number of nitrogen functional groups attached to an aromatic ring is 1. The quantitative estimate of drug-likeness (QED) is 0.0112. The lowest BCUT2D eigenvalue weighted by Crippen LogP contribution is -2.41. The van der Waals surface area contributed by atoms with Crippen molar-refractivity contribution in [2.45, 2.75) is 87.0 Å². The predicted octanol–water partition coefficient (Wildman–Crippen LogP) is 7.29. The number of nitrogens with zero attached hydrogens (tertiary/aromatic N) is 2. The highest BCUT2D eigenvalue weighted by atomic mass is 35.5. The third-order valence-electron chi connectivity index (χ3n) is 14.6. The number of halogens is 3. The predicted molar refractivity (Wildman–Crippen MR) is 430 cm³/mol. The number of ether oxygens (including phenoxy) is 9. The molecular weight excluding hydrogens is 1580 g/mol. The standard InChI is InChI=1S/C16H18N4O3.C13H19N3O3.C13H16N2O5.C12H14Cl2N2O3.C12H15ClN2O3.C11H20N2O4/c1-2-23-14(21)11-20-16(22)19-10-12-5-3-6-13(9-12)15-17-7-4-8-18-15;1-2-19-12(17)9-16-13(18)15-8-7-10-3-5-11(14)6-4-10;1-2-18-12(16)7-15-13(17)14-6-9-3-4-10-11(5-9)20-8-19-10;1-2-19-11(17)7-16-12(18)15-6-8-3-9(13)5-10(14)4-8;1-2-18-11(16)8-15-12(17)14-7-9-3-5-10(13)6-4-9;1-2-17-10(14)8-13-11(15)12-7-9-3-5-16-6-4-9/h3-9H,2,10-11H2,1H3,(H2,19,20,22);3-6H,2,7-9,14H2,1H3,(H2,15,16,18);3-5H,2,6-8H2,1H3,(H2,14,15,17);3-5H,2,6-7H2,1H3,(H2,15,16,18);3-6H,2,7-8H2,1H3,(H2,14,15,17);9H,2-8H2,1H3,(H2,12,13,15). The van der Waals surface area contributed by atoms with Gasteiger partial charge in [-0.2, -0.15) is 0 Å². The van der Waals surface area contributed by atoms with Gasteiger partial charge in [-0.1, -0.05) is 83.3 Å². The van der Waals surface area contributed by atoms with Gasteiger partial charge in [-0.15, -0.1) is 0 Å². The van der Waals surface area contributed by atoms with Crippen molar-refractivity contribution in [3.63, 3.8) is 0 Å². The summed E-state index contributed by atoms with van der Waals surface area (Å²) in [5.74, 6) is -0.293. The minimum atomic E-state index is -0.483. The van der Waals surface area contributed by atoms with Crippen molar-refractivity contribution in [3.05, 3.63) is 171 Å². The molecule has 3 heterocycles. The summed E-state index contributed by atoms with van der Waals surface area (Å²) in [4.78, 5) is 143. The number of urea groups is 6. The van der Waals surface area contributed by atoms with E-state index in [-0.39, 0.29) is 77.9 Å². The number of carbonyl (C=O) groups is 12. The number of nitrogens with one attached hydrogen (secondary N) is 12. The first-order chi connectivity index (χ1) is 55.8. The third-order valence-corrected chi connectivity index (χ3v) is 15.3. The molecule has 6 aromatic rings. The van der Waals surface area contributed by atoms with Crippen molar-refractivity contribution in [2.24, 2.45) is 5.92 Å². The molecule has 12 amide bonds. The number of anilines is 1. The van der Waals surface area contributed by atoms with Crippen molar-refractivity contribution in [3.8, 4) is 22.9 Å². The lowest BCUT2D eigenvalue weighted by atomic mass is 10.0. The third kappa shape index (κ3) is 47.4. The normalized spacial score (nSPS) is 11.1. The van der Waals surface area contributed by atoms with Crippen LogP contribution in [0.2, 0.25) is 15.1 Å². The Kier molecular flexibility index (Phi) is 50.3. The molecule has 8 rings (SSSR count). The molecule has 0 radical (unpaired) electrons. The second kappa shape index (κ2) is 59.6. The zero-order chi connectivity index (χ0) is 85.1. The zero-order valence-corrected chi connectivity index (χ0v) is 67.6. The van der Waals surface area contributed by atoms with Crippen LogP contribution >= 0.6 is 34.8 Å². The van der Waals surface area contributed by atoms with Crippen LogP contribution in [0.15, 0.2) is 128 Å². The molecule has 1 aromatic heterocycles. The molecule has 0 bridgehead atoms. The summed E-state index contributed by atoms with van der Waals surface area (Å²) < 4.78 is 43.8. The van der Waals surface area contributed by atoms with Gasteiger partial charge in [-0.05, 0) is 161 Å². The minimum Gasteiger partial charge on any atom is -0.465 e. The Labute approximate surface area is 687 Å². The van der Waals surface area contributed by atoms with E-state index < -0.39 is 59.9 Å². The molecule has 0 unspecified atom stereocenters. The molecule has 632 valence electrons. The fourth-order valence-corrected chi connectivity index (χ4v) is 9.82. The molecule has 1 saturated heterocycles. The number of aromatic nitrogens is 2. The van der Waals surface area contributed by atoms with Gasteiger partial charge in [0.2, 0.25) is 6.79 Å². The van der Waals surface area contributed by atoms with Gasteiger partial charge < -0.3 is 112 Å².